The molecule has 0 saturated carbocycles. The van der Waals surface area contributed by atoms with Gasteiger partial charge >= 0.3 is 0 Å². The molecule has 0 saturated heterocycles. The number of amides is 2. The molecule has 5 nitrogen and oxygen atoms in total. The van der Waals surface area contributed by atoms with E-state index in [1.807, 2.05) is 0 Å². The zero-order valence-electron chi connectivity index (χ0n) is 11.4. The second kappa shape index (κ2) is 6.94. The van der Waals surface area contributed by atoms with E-state index in [0.717, 1.165) is 5.56 Å². The zero-order valence-corrected chi connectivity index (χ0v) is 12.2. The van der Waals surface area contributed by atoms with Crippen LogP contribution in [0.2, 0.25) is 0 Å². The highest BCUT2D eigenvalue weighted by Gasteiger charge is 2.08. The summed E-state index contributed by atoms with van der Waals surface area (Å²) in [6.45, 7) is 1.69. The number of hydrogen-bond acceptors (Lipinski definition) is 4. The lowest BCUT2D eigenvalue weighted by Crippen LogP contribution is -2.25. The number of thiazole rings is 1. The maximum atomic E-state index is 12.9. The molecule has 0 radical (unpaired) electrons. The molecular weight excluding hydrogens is 293 g/mol. The SMILES string of the molecule is CC(=O)NCCC(=O)Nc1nc(-c2ccc(F)cc2)cs1. The lowest BCUT2D eigenvalue weighted by Gasteiger charge is -2.02. The Morgan fingerprint density at radius 2 is 2.00 bits per heavy atom. The second-order valence-electron chi connectivity index (χ2n) is 4.33. The summed E-state index contributed by atoms with van der Waals surface area (Å²) in [7, 11) is 0. The van der Waals surface area contributed by atoms with Crippen molar-refractivity contribution in [2.75, 3.05) is 11.9 Å². The van der Waals surface area contributed by atoms with Gasteiger partial charge in [-0.25, -0.2) is 9.37 Å². The maximum absolute atomic E-state index is 12.9. The van der Waals surface area contributed by atoms with Crippen LogP contribution in [0.4, 0.5) is 9.52 Å². The predicted molar refractivity (Wildman–Crippen MR) is 79.4 cm³/mol. The molecule has 0 unspecified atom stereocenters. The van der Waals surface area contributed by atoms with Crippen LogP contribution in [0.25, 0.3) is 11.3 Å². The van der Waals surface area contributed by atoms with Crippen LogP contribution in [0.15, 0.2) is 29.6 Å². The molecule has 21 heavy (non-hydrogen) atoms. The number of halogens is 1. The third kappa shape index (κ3) is 4.64. The topological polar surface area (TPSA) is 71.1 Å². The highest BCUT2D eigenvalue weighted by Crippen LogP contribution is 2.24. The Bertz CT molecular complexity index is 640. The predicted octanol–water partition coefficient (Wildman–Crippen LogP) is 2.41. The Balaban J connectivity index is 1.92. The van der Waals surface area contributed by atoms with Crippen molar-refractivity contribution in [2.24, 2.45) is 0 Å². The lowest BCUT2D eigenvalue weighted by atomic mass is 10.2. The van der Waals surface area contributed by atoms with Crippen LogP contribution < -0.4 is 10.6 Å². The molecule has 2 N–H and O–H groups in total. The van der Waals surface area contributed by atoms with Crippen LogP contribution in [0.3, 0.4) is 0 Å². The first-order valence-electron chi connectivity index (χ1n) is 6.30. The monoisotopic (exact) mass is 307 g/mol. The van der Waals surface area contributed by atoms with Gasteiger partial charge in [-0.3, -0.25) is 9.59 Å². The third-order valence-electron chi connectivity index (χ3n) is 2.62. The quantitative estimate of drug-likeness (QED) is 0.891. The average Bonchev–Trinajstić information content (AvgIpc) is 2.87. The third-order valence-corrected chi connectivity index (χ3v) is 3.37. The molecule has 0 aliphatic rings. The largest absolute Gasteiger partial charge is 0.356 e. The van der Waals surface area contributed by atoms with Crippen molar-refractivity contribution in [3.63, 3.8) is 0 Å². The van der Waals surface area contributed by atoms with E-state index in [-0.39, 0.29) is 30.6 Å². The number of rotatable bonds is 5. The Labute approximate surface area is 125 Å². The van der Waals surface area contributed by atoms with Crippen LogP contribution >= 0.6 is 11.3 Å². The number of hydrogen-bond donors (Lipinski definition) is 2. The summed E-state index contributed by atoms with van der Waals surface area (Å²) in [4.78, 5) is 26.6. The van der Waals surface area contributed by atoms with E-state index in [4.69, 9.17) is 0 Å². The number of carbonyl (C=O) groups excluding carboxylic acids is 2. The summed E-state index contributed by atoms with van der Waals surface area (Å²) in [6, 6.07) is 5.99. The van der Waals surface area contributed by atoms with Crippen LogP contribution in [0.5, 0.6) is 0 Å². The number of nitrogens with one attached hydrogen (secondary N) is 2. The maximum Gasteiger partial charge on any atom is 0.227 e. The van der Waals surface area contributed by atoms with E-state index in [1.54, 1.807) is 17.5 Å². The van der Waals surface area contributed by atoms with Gasteiger partial charge in [0.05, 0.1) is 5.69 Å². The molecule has 2 rings (SSSR count). The van der Waals surface area contributed by atoms with Crippen LogP contribution in [0.1, 0.15) is 13.3 Å². The number of nitrogens with zero attached hydrogens (tertiary/aromatic N) is 1. The summed E-state index contributed by atoms with van der Waals surface area (Å²) in [6.07, 6.45) is 0.186. The molecule has 0 spiro atoms. The van der Waals surface area contributed by atoms with Gasteiger partial charge in [-0.15, -0.1) is 11.3 Å². The average molecular weight is 307 g/mol. The van der Waals surface area contributed by atoms with Gasteiger partial charge in [0.15, 0.2) is 5.13 Å². The first-order valence-corrected chi connectivity index (χ1v) is 7.18. The summed E-state index contributed by atoms with van der Waals surface area (Å²) in [5.41, 5.74) is 1.46. The van der Waals surface area contributed by atoms with Crippen molar-refractivity contribution in [1.29, 1.82) is 0 Å². The van der Waals surface area contributed by atoms with Crippen molar-refractivity contribution < 1.29 is 14.0 Å². The minimum Gasteiger partial charge on any atom is -0.356 e. The fraction of sp³-hybridized carbons (Fsp3) is 0.214. The molecule has 1 heterocycles. The Hall–Kier alpha value is -2.28. The Kier molecular flexibility index (Phi) is 4.99. The molecule has 2 amide bonds. The first kappa shape index (κ1) is 15.1. The number of anilines is 1. The summed E-state index contributed by atoms with van der Waals surface area (Å²) < 4.78 is 12.9. The highest BCUT2D eigenvalue weighted by molar-refractivity contribution is 7.14. The Morgan fingerprint density at radius 3 is 2.67 bits per heavy atom. The molecule has 0 bridgehead atoms. The van der Waals surface area contributed by atoms with Gasteiger partial charge in [0.2, 0.25) is 11.8 Å². The van der Waals surface area contributed by atoms with E-state index >= 15 is 0 Å². The van der Waals surface area contributed by atoms with Gasteiger partial charge in [0.1, 0.15) is 5.82 Å². The van der Waals surface area contributed by atoms with Gasteiger partial charge < -0.3 is 10.6 Å². The molecule has 0 aliphatic heterocycles. The van der Waals surface area contributed by atoms with Crippen molar-refractivity contribution >= 4 is 28.3 Å². The Morgan fingerprint density at radius 1 is 1.29 bits per heavy atom. The fourth-order valence-electron chi connectivity index (χ4n) is 1.62. The zero-order chi connectivity index (χ0) is 15.2. The molecule has 0 atom stereocenters. The smallest absolute Gasteiger partial charge is 0.227 e. The van der Waals surface area contributed by atoms with Crippen molar-refractivity contribution in [1.82, 2.24) is 10.3 Å². The van der Waals surface area contributed by atoms with Gasteiger partial charge in [-0.2, -0.15) is 0 Å². The lowest BCUT2D eigenvalue weighted by molar-refractivity contribution is -0.119. The number of aromatic nitrogens is 1. The van der Waals surface area contributed by atoms with Crippen molar-refractivity contribution in [3.05, 3.63) is 35.5 Å². The molecule has 7 heteroatoms. The van der Waals surface area contributed by atoms with Gasteiger partial charge in [-0.1, -0.05) is 0 Å². The normalized spacial score (nSPS) is 10.2. The standard InChI is InChI=1S/C14H14FN3O2S/c1-9(19)16-7-6-13(20)18-14-17-12(8-21-14)10-2-4-11(15)5-3-10/h2-5,8H,6-7H2,1H3,(H,16,19)(H,17,18,20). The molecular formula is C14H14FN3O2S. The molecule has 1 aromatic heterocycles. The second-order valence-corrected chi connectivity index (χ2v) is 5.18. The first-order chi connectivity index (χ1) is 10.0. The summed E-state index contributed by atoms with van der Waals surface area (Å²) in [5.74, 6) is -0.695. The minimum absolute atomic E-state index is 0.171. The molecule has 110 valence electrons. The summed E-state index contributed by atoms with van der Waals surface area (Å²) in [5, 5.41) is 7.47. The van der Waals surface area contributed by atoms with Crippen LogP contribution in [-0.2, 0) is 9.59 Å². The summed E-state index contributed by atoms with van der Waals surface area (Å²) >= 11 is 1.29. The fourth-order valence-corrected chi connectivity index (χ4v) is 2.35. The van der Waals surface area contributed by atoms with E-state index in [9.17, 15) is 14.0 Å². The molecule has 1 aromatic carbocycles. The van der Waals surface area contributed by atoms with Crippen molar-refractivity contribution in [3.8, 4) is 11.3 Å². The highest BCUT2D eigenvalue weighted by atomic mass is 32.1. The van der Waals surface area contributed by atoms with E-state index in [1.165, 1.54) is 30.4 Å². The van der Waals surface area contributed by atoms with Crippen molar-refractivity contribution in [2.45, 2.75) is 13.3 Å². The van der Waals surface area contributed by atoms with Gasteiger partial charge in [-0.05, 0) is 24.3 Å². The van der Waals surface area contributed by atoms with Gasteiger partial charge in [0, 0.05) is 30.8 Å². The number of carbonyl (C=O) groups is 2. The van der Waals surface area contributed by atoms with Gasteiger partial charge in [0.25, 0.3) is 0 Å². The van der Waals surface area contributed by atoms with E-state index in [0.29, 0.717) is 10.8 Å². The molecule has 2 aromatic rings. The molecule has 0 aliphatic carbocycles. The van der Waals surface area contributed by atoms with E-state index < -0.39 is 0 Å². The van der Waals surface area contributed by atoms with Crippen LogP contribution in [-0.4, -0.2) is 23.3 Å². The number of benzene rings is 1. The van der Waals surface area contributed by atoms with Crippen LogP contribution in [0, 0.1) is 5.82 Å². The van der Waals surface area contributed by atoms with E-state index in [2.05, 4.69) is 15.6 Å². The molecule has 0 fully saturated rings. The minimum atomic E-state index is -0.305.